The maximum atomic E-state index is 12.8. The second kappa shape index (κ2) is 9.43. The van der Waals surface area contributed by atoms with Gasteiger partial charge in [0.1, 0.15) is 6.54 Å². The molecule has 1 aliphatic heterocycles. The molecule has 0 spiro atoms. The molecule has 11 heteroatoms. The Balaban J connectivity index is 1.67. The highest BCUT2D eigenvalue weighted by Gasteiger charge is 2.31. The predicted octanol–water partition coefficient (Wildman–Crippen LogP) is 1.90. The minimum Gasteiger partial charge on any atom is -0.338 e. The van der Waals surface area contributed by atoms with E-state index in [-0.39, 0.29) is 43.5 Å². The minimum absolute atomic E-state index is 0.157. The summed E-state index contributed by atoms with van der Waals surface area (Å²) in [5.41, 5.74) is 1.38. The fourth-order valence-electron chi connectivity index (χ4n) is 3.27. The van der Waals surface area contributed by atoms with E-state index >= 15 is 0 Å². The highest BCUT2D eigenvalue weighted by Crippen LogP contribution is 2.21. The van der Waals surface area contributed by atoms with E-state index in [1.165, 1.54) is 9.21 Å². The first-order chi connectivity index (χ1) is 14.5. The Morgan fingerprint density at radius 3 is 2.00 bits per heavy atom. The maximum Gasteiger partial charge on any atom is 0.243 e. The number of aryl methyl sites for hydroxylation is 1. The van der Waals surface area contributed by atoms with Crippen LogP contribution in [0.5, 0.6) is 0 Å². The molecular formula is C20H24IN3O5S2. The highest BCUT2D eigenvalue weighted by atomic mass is 127. The van der Waals surface area contributed by atoms with E-state index in [0.717, 1.165) is 19.7 Å². The van der Waals surface area contributed by atoms with Crippen molar-refractivity contribution in [2.24, 2.45) is 0 Å². The molecule has 1 heterocycles. The molecule has 1 saturated heterocycles. The first-order valence-corrected chi connectivity index (χ1v) is 13.9. The van der Waals surface area contributed by atoms with E-state index in [1.54, 1.807) is 48.5 Å². The van der Waals surface area contributed by atoms with Gasteiger partial charge in [-0.15, -0.1) is 0 Å². The van der Waals surface area contributed by atoms with E-state index in [0.29, 0.717) is 5.69 Å². The summed E-state index contributed by atoms with van der Waals surface area (Å²) in [5.74, 6) is -0.364. The number of nitrogens with zero attached hydrogens (tertiary/aromatic N) is 3. The first-order valence-electron chi connectivity index (χ1n) is 9.56. The van der Waals surface area contributed by atoms with Gasteiger partial charge in [0.15, 0.2) is 0 Å². The summed E-state index contributed by atoms with van der Waals surface area (Å²) < 4.78 is 53.6. The van der Waals surface area contributed by atoms with Gasteiger partial charge in [-0.3, -0.25) is 9.10 Å². The third-order valence-electron chi connectivity index (χ3n) is 5.04. The van der Waals surface area contributed by atoms with Crippen molar-refractivity contribution in [3.05, 3.63) is 57.7 Å². The normalized spacial score (nSPS) is 15.6. The topological polar surface area (TPSA) is 95.1 Å². The molecule has 0 radical (unpaired) electrons. The van der Waals surface area contributed by atoms with Crippen molar-refractivity contribution in [2.75, 3.05) is 43.3 Å². The van der Waals surface area contributed by atoms with Gasteiger partial charge < -0.3 is 4.90 Å². The molecule has 0 unspecified atom stereocenters. The second-order valence-corrected chi connectivity index (χ2v) is 12.4. The van der Waals surface area contributed by atoms with Crippen molar-refractivity contribution in [1.82, 2.24) is 9.21 Å². The molecule has 1 fully saturated rings. The minimum atomic E-state index is -3.66. The summed E-state index contributed by atoms with van der Waals surface area (Å²) in [6.07, 6.45) is 1.06. The van der Waals surface area contributed by atoms with Gasteiger partial charge in [0, 0.05) is 29.7 Å². The average molecular weight is 577 g/mol. The largest absolute Gasteiger partial charge is 0.338 e. The quantitative estimate of drug-likeness (QED) is 0.489. The highest BCUT2D eigenvalue weighted by molar-refractivity contribution is 14.1. The second-order valence-electron chi connectivity index (χ2n) is 7.34. The van der Waals surface area contributed by atoms with Gasteiger partial charge >= 0.3 is 0 Å². The van der Waals surface area contributed by atoms with Crippen LogP contribution in [0.15, 0.2) is 53.4 Å². The fourth-order valence-corrected chi connectivity index (χ4v) is 5.90. The molecule has 0 N–H and O–H groups in total. The number of piperazine rings is 1. The van der Waals surface area contributed by atoms with Gasteiger partial charge in [0.2, 0.25) is 26.0 Å². The number of halogens is 1. The number of amides is 1. The molecule has 2 aromatic rings. The summed E-state index contributed by atoms with van der Waals surface area (Å²) in [7, 11) is -7.29. The smallest absolute Gasteiger partial charge is 0.243 e. The van der Waals surface area contributed by atoms with Crippen LogP contribution in [0.1, 0.15) is 5.56 Å². The number of hydrogen-bond acceptors (Lipinski definition) is 5. The van der Waals surface area contributed by atoms with Crippen LogP contribution in [-0.4, -0.2) is 70.9 Å². The third kappa shape index (κ3) is 5.76. The Morgan fingerprint density at radius 1 is 0.935 bits per heavy atom. The van der Waals surface area contributed by atoms with E-state index in [2.05, 4.69) is 22.6 Å². The zero-order chi connectivity index (χ0) is 22.8. The number of carbonyl (C=O) groups excluding carboxylic acids is 1. The molecule has 31 heavy (non-hydrogen) atoms. The zero-order valence-electron chi connectivity index (χ0n) is 17.2. The van der Waals surface area contributed by atoms with Crippen LogP contribution in [0.3, 0.4) is 0 Å². The van der Waals surface area contributed by atoms with Crippen LogP contribution in [0.4, 0.5) is 5.69 Å². The van der Waals surface area contributed by atoms with Gasteiger partial charge in [0.25, 0.3) is 0 Å². The molecule has 3 rings (SSSR count). The molecule has 1 aliphatic rings. The maximum absolute atomic E-state index is 12.8. The number of rotatable bonds is 6. The van der Waals surface area contributed by atoms with Crippen LogP contribution in [0.2, 0.25) is 0 Å². The monoisotopic (exact) mass is 577 g/mol. The van der Waals surface area contributed by atoms with Crippen LogP contribution >= 0.6 is 22.6 Å². The molecule has 1 amide bonds. The average Bonchev–Trinajstić information content (AvgIpc) is 2.72. The molecular weight excluding hydrogens is 553 g/mol. The van der Waals surface area contributed by atoms with Crippen LogP contribution < -0.4 is 4.31 Å². The Labute approximate surface area is 197 Å². The number of benzene rings is 2. The van der Waals surface area contributed by atoms with Crippen molar-refractivity contribution >= 4 is 54.2 Å². The molecule has 2 aromatic carbocycles. The van der Waals surface area contributed by atoms with E-state index < -0.39 is 20.0 Å². The van der Waals surface area contributed by atoms with Crippen molar-refractivity contribution < 1.29 is 21.6 Å². The van der Waals surface area contributed by atoms with Gasteiger partial charge in [-0.05, 0) is 65.9 Å². The van der Waals surface area contributed by atoms with Crippen molar-refractivity contribution in [1.29, 1.82) is 0 Å². The zero-order valence-corrected chi connectivity index (χ0v) is 21.0. The summed E-state index contributed by atoms with van der Waals surface area (Å²) in [4.78, 5) is 14.5. The summed E-state index contributed by atoms with van der Waals surface area (Å²) >= 11 is 2.12. The molecule has 0 aliphatic carbocycles. The van der Waals surface area contributed by atoms with Crippen LogP contribution in [-0.2, 0) is 24.8 Å². The Bertz CT molecular complexity index is 1140. The van der Waals surface area contributed by atoms with E-state index in [4.69, 9.17) is 0 Å². The lowest BCUT2D eigenvalue weighted by atomic mass is 10.2. The van der Waals surface area contributed by atoms with Crippen molar-refractivity contribution in [2.45, 2.75) is 11.8 Å². The first kappa shape index (κ1) is 24.0. The van der Waals surface area contributed by atoms with Crippen molar-refractivity contribution in [3.63, 3.8) is 0 Å². The SMILES string of the molecule is Cc1ccc(S(=O)(=O)N2CCN(C(=O)CN(c3ccc(I)cc3)S(C)(=O)=O)CC2)cc1. The molecule has 0 bridgehead atoms. The van der Waals surface area contributed by atoms with E-state index in [9.17, 15) is 21.6 Å². The van der Waals surface area contributed by atoms with Crippen LogP contribution in [0.25, 0.3) is 0 Å². The lowest BCUT2D eigenvalue weighted by Gasteiger charge is -2.35. The predicted molar refractivity (Wildman–Crippen MR) is 128 cm³/mol. The number of sulfonamides is 2. The number of hydrogen-bond donors (Lipinski definition) is 0. The van der Waals surface area contributed by atoms with Crippen molar-refractivity contribution in [3.8, 4) is 0 Å². The van der Waals surface area contributed by atoms with Crippen LogP contribution in [0, 0.1) is 10.5 Å². The van der Waals surface area contributed by atoms with Gasteiger partial charge in [-0.25, -0.2) is 16.8 Å². The molecule has 0 aromatic heterocycles. The van der Waals surface area contributed by atoms with E-state index in [1.807, 2.05) is 6.92 Å². The summed E-state index contributed by atoms with van der Waals surface area (Å²) in [5, 5.41) is 0. The lowest BCUT2D eigenvalue weighted by molar-refractivity contribution is -0.130. The van der Waals surface area contributed by atoms with Gasteiger partial charge in [-0.1, -0.05) is 17.7 Å². The number of carbonyl (C=O) groups is 1. The summed E-state index contributed by atoms with van der Waals surface area (Å²) in [6.45, 7) is 2.28. The molecule has 168 valence electrons. The Morgan fingerprint density at radius 2 is 1.48 bits per heavy atom. The Hall–Kier alpha value is -1.70. The third-order valence-corrected chi connectivity index (χ3v) is 8.82. The standard InChI is InChI=1S/C20H24IN3O5S2/c1-16-3-9-19(10-4-16)31(28,29)23-13-11-22(12-14-23)20(25)15-24(30(2,26)27)18-7-5-17(21)6-8-18/h3-10H,11-15H2,1-2H3. The Kier molecular flexibility index (Phi) is 7.28. The summed E-state index contributed by atoms with van der Waals surface area (Å²) in [6, 6.07) is 13.5. The van der Waals surface area contributed by atoms with Gasteiger partial charge in [-0.2, -0.15) is 4.31 Å². The molecule has 0 saturated carbocycles. The molecule has 8 nitrogen and oxygen atoms in total. The lowest BCUT2D eigenvalue weighted by Crippen LogP contribution is -2.53. The van der Waals surface area contributed by atoms with Gasteiger partial charge in [0.05, 0.1) is 16.8 Å². The molecule has 0 atom stereocenters. The fraction of sp³-hybridized carbons (Fsp3) is 0.350. The number of anilines is 1.